The summed E-state index contributed by atoms with van der Waals surface area (Å²) in [7, 11) is 1.58. The van der Waals surface area contributed by atoms with Crippen LogP contribution in [0.4, 0.5) is 5.69 Å². The number of ether oxygens (including phenoxy) is 3. The molecule has 2 amide bonds. The molecule has 1 aliphatic rings. The van der Waals surface area contributed by atoms with E-state index in [1.165, 1.54) is 0 Å². The molecular weight excluding hydrogens is 372 g/mol. The lowest BCUT2D eigenvalue weighted by molar-refractivity contribution is -0.126. The molecule has 0 radical (unpaired) electrons. The van der Waals surface area contributed by atoms with E-state index in [0.717, 1.165) is 0 Å². The normalized spacial score (nSPS) is 15.9. The first-order chi connectivity index (χ1) is 14.1. The second-order valence-electron chi connectivity index (χ2n) is 6.60. The van der Waals surface area contributed by atoms with Crippen molar-refractivity contribution in [3.63, 3.8) is 0 Å². The lowest BCUT2D eigenvalue weighted by Gasteiger charge is -2.20. The third-order valence-electron chi connectivity index (χ3n) is 4.68. The van der Waals surface area contributed by atoms with Crippen LogP contribution in [0.1, 0.15) is 13.3 Å². The molecular formula is C22H26N2O5. The molecule has 3 rings (SSSR count). The fourth-order valence-electron chi connectivity index (χ4n) is 3.29. The van der Waals surface area contributed by atoms with Gasteiger partial charge >= 0.3 is 0 Å². The zero-order valence-corrected chi connectivity index (χ0v) is 16.7. The Kier molecular flexibility index (Phi) is 6.94. The summed E-state index contributed by atoms with van der Waals surface area (Å²) in [5.74, 6) is 1.28. The molecule has 7 nitrogen and oxygen atoms in total. The lowest BCUT2D eigenvalue weighted by atomic mass is 10.1. The first-order valence-electron chi connectivity index (χ1n) is 9.69. The zero-order chi connectivity index (χ0) is 20.6. The number of para-hydroxylation sites is 4. The van der Waals surface area contributed by atoms with Crippen molar-refractivity contribution in [3.05, 3.63) is 48.5 Å². The fraction of sp³-hybridized carbons (Fsp3) is 0.364. The molecule has 1 aliphatic heterocycles. The standard InChI is InChI=1S/C22H26N2O5/c1-3-28-18-9-5-4-8-17(18)24-15-16(14-21(24)25)22(26)23-12-13-29-20-11-7-6-10-19(20)27-2/h4-11,16H,3,12-15H2,1-2H3,(H,23,26)/t16-/m0/s1. The Labute approximate surface area is 170 Å². The summed E-state index contributed by atoms with van der Waals surface area (Å²) >= 11 is 0. The molecule has 0 saturated carbocycles. The summed E-state index contributed by atoms with van der Waals surface area (Å²) in [4.78, 5) is 26.6. The van der Waals surface area contributed by atoms with E-state index < -0.39 is 5.92 Å². The maximum absolute atomic E-state index is 12.5. The molecule has 7 heteroatoms. The van der Waals surface area contributed by atoms with E-state index in [9.17, 15) is 9.59 Å². The van der Waals surface area contributed by atoms with Gasteiger partial charge in [-0.1, -0.05) is 24.3 Å². The Morgan fingerprint density at radius 3 is 2.48 bits per heavy atom. The van der Waals surface area contributed by atoms with Crippen LogP contribution in [-0.2, 0) is 9.59 Å². The Morgan fingerprint density at radius 1 is 1.07 bits per heavy atom. The topological polar surface area (TPSA) is 77.1 Å². The van der Waals surface area contributed by atoms with Crippen molar-refractivity contribution in [1.82, 2.24) is 5.32 Å². The van der Waals surface area contributed by atoms with Crippen LogP contribution in [-0.4, -0.2) is 45.2 Å². The monoisotopic (exact) mass is 398 g/mol. The van der Waals surface area contributed by atoms with Crippen molar-refractivity contribution in [2.24, 2.45) is 5.92 Å². The van der Waals surface area contributed by atoms with E-state index in [-0.39, 0.29) is 18.2 Å². The quantitative estimate of drug-likeness (QED) is 0.657. The maximum Gasteiger partial charge on any atom is 0.227 e. The number of hydrogen-bond acceptors (Lipinski definition) is 5. The maximum atomic E-state index is 12.5. The summed E-state index contributed by atoms with van der Waals surface area (Å²) in [6.45, 7) is 3.39. The molecule has 1 N–H and O–H groups in total. The van der Waals surface area contributed by atoms with Crippen molar-refractivity contribution < 1.29 is 23.8 Å². The Balaban J connectivity index is 1.52. The second kappa shape index (κ2) is 9.82. The summed E-state index contributed by atoms with van der Waals surface area (Å²) in [5, 5.41) is 2.85. The summed E-state index contributed by atoms with van der Waals surface area (Å²) in [6, 6.07) is 14.7. The number of nitrogens with one attached hydrogen (secondary N) is 1. The van der Waals surface area contributed by atoms with Gasteiger partial charge in [0.1, 0.15) is 12.4 Å². The first-order valence-corrected chi connectivity index (χ1v) is 9.69. The van der Waals surface area contributed by atoms with Gasteiger partial charge < -0.3 is 24.4 Å². The number of methoxy groups -OCH3 is 1. The van der Waals surface area contributed by atoms with Crippen LogP contribution in [0, 0.1) is 5.92 Å². The molecule has 2 aromatic rings. The van der Waals surface area contributed by atoms with E-state index >= 15 is 0 Å². The minimum absolute atomic E-state index is 0.0809. The number of hydrogen-bond donors (Lipinski definition) is 1. The number of carbonyl (C=O) groups excluding carboxylic acids is 2. The van der Waals surface area contributed by atoms with Gasteiger partial charge in [-0.3, -0.25) is 9.59 Å². The van der Waals surface area contributed by atoms with Crippen LogP contribution in [0.15, 0.2) is 48.5 Å². The first kappa shape index (κ1) is 20.5. The number of rotatable bonds is 9. The van der Waals surface area contributed by atoms with E-state index in [0.29, 0.717) is 49.2 Å². The van der Waals surface area contributed by atoms with Gasteiger partial charge in [0, 0.05) is 13.0 Å². The molecule has 0 aromatic heterocycles. The van der Waals surface area contributed by atoms with Gasteiger partial charge in [0.05, 0.1) is 31.9 Å². The minimum Gasteiger partial charge on any atom is -0.493 e. The van der Waals surface area contributed by atoms with Gasteiger partial charge in [-0.15, -0.1) is 0 Å². The summed E-state index contributed by atoms with van der Waals surface area (Å²) in [6.07, 6.45) is 0.180. The van der Waals surface area contributed by atoms with Crippen molar-refractivity contribution in [2.75, 3.05) is 38.3 Å². The van der Waals surface area contributed by atoms with Crippen LogP contribution < -0.4 is 24.4 Å². The Hall–Kier alpha value is -3.22. The predicted molar refractivity (Wildman–Crippen MR) is 110 cm³/mol. The molecule has 0 spiro atoms. The SMILES string of the molecule is CCOc1ccccc1N1C[C@@H](C(=O)NCCOc2ccccc2OC)CC1=O. The molecule has 29 heavy (non-hydrogen) atoms. The van der Waals surface area contributed by atoms with E-state index in [4.69, 9.17) is 14.2 Å². The number of carbonyl (C=O) groups is 2. The van der Waals surface area contributed by atoms with Gasteiger partial charge in [0.2, 0.25) is 11.8 Å². The average Bonchev–Trinajstić information content (AvgIpc) is 3.13. The van der Waals surface area contributed by atoms with Crippen molar-refractivity contribution in [3.8, 4) is 17.2 Å². The summed E-state index contributed by atoms with van der Waals surface area (Å²) in [5.41, 5.74) is 0.703. The molecule has 1 saturated heterocycles. The van der Waals surface area contributed by atoms with Crippen LogP contribution in [0.2, 0.25) is 0 Å². The van der Waals surface area contributed by atoms with Gasteiger partial charge in [-0.2, -0.15) is 0 Å². The molecule has 1 heterocycles. The van der Waals surface area contributed by atoms with Crippen LogP contribution in [0.25, 0.3) is 0 Å². The average molecular weight is 398 g/mol. The molecule has 1 fully saturated rings. The smallest absolute Gasteiger partial charge is 0.227 e. The minimum atomic E-state index is -0.400. The zero-order valence-electron chi connectivity index (χ0n) is 16.7. The summed E-state index contributed by atoms with van der Waals surface area (Å²) < 4.78 is 16.5. The van der Waals surface area contributed by atoms with Crippen molar-refractivity contribution in [2.45, 2.75) is 13.3 Å². The second-order valence-corrected chi connectivity index (χ2v) is 6.60. The third kappa shape index (κ3) is 4.99. The number of benzene rings is 2. The van der Waals surface area contributed by atoms with Gasteiger partial charge in [0.25, 0.3) is 0 Å². The van der Waals surface area contributed by atoms with E-state index in [1.54, 1.807) is 12.0 Å². The van der Waals surface area contributed by atoms with Crippen LogP contribution >= 0.6 is 0 Å². The number of anilines is 1. The highest BCUT2D eigenvalue weighted by molar-refractivity contribution is 6.01. The molecule has 0 bridgehead atoms. The van der Waals surface area contributed by atoms with Crippen molar-refractivity contribution in [1.29, 1.82) is 0 Å². The molecule has 0 unspecified atom stereocenters. The molecule has 0 aliphatic carbocycles. The Bertz CT molecular complexity index is 855. The van der Waals surface area contributed by atoms with Crippen molar-refractivity contribution >= 4 is 17.5 Å². The highest BCUT2D eigenvalue weighted by atomic mass is 16.5. The third-order valence-corrected chi connectivity index (χ3v) is 4.68. The lowest BCUT2D eigenvalue weighted by Crippen LogP contribution is -2.35. The molecule has 2 aromatic carbocycles. The Morgan fingerprint density at radius 2 is 1.76 bits per heavy atom. The highest BCUT2D eigenvalue weighted by Gasteiger charge is 2.36. The number of amides is 2. The largest absolute Gasteiger partial charge is 0.493 e. The van der Waals surface area contributed by atoms with Gasteiger partial charge in [-0.25, -0.2) is 0 Å². The fourth-order valence-corrected chi connectivity index (χ4v) is 3.29. The van der Waals surface area contributed by atoms with Gasteiger partial charge in [0.15, 0.2) is 11.5 Å². The van der Waals surface area contributed by atoms with E-state index in [2.05, 4.69) is 5.32 Å². The number of nitrogens with zero attached hydrogens (tertiary/aromatic N) is 1. The molecule has 154 valence electrons. The van der Waals surface area contributed by atoms with E-state index in [1.807, 2.05) is 55.5 Å². The predicted octanol–water partition coefficient (Wildman–Crippen LogP) is 2.64. The molecule has 1 atom stereocenters. The highest BCUT2D eigenvalue weighted by Crippen LogP contribution is 2.33. The van der Waals surface area contributed by atoms with Crippen LogP contribution in [0.5, 0.6) is 17.2 Å². The van der Waals surface area contributed by atoms with Gasteiger partial charge in [-0.05, 0) is 31.2 Å². The van der Waals surface area contributed by atoms with Crippen LogP contribution in [0.3, 0.4) is 0 Å².